The first-order valence-electron chi connectivity index (χ1n) is 8.72. The highest BCUT2D eigenvalue weighted by molar-refractivity contribution is 7.89. The molecule has 0 saturated carbocycles. The Morgan fingerprint density at radius 1 is 1.18 bits per heavy atom. The van der Waals surface area contributed by atoms with Crippen molar-refractivity contribution < 1.29 is 27.5 Å². The number of benzene rings is 2. The fourth-order valence-electron chi connectivity index (χ4n) is 3.04. The first-order valence-corrected chi connectivity index (χ1v) is 10.3. The molecule has 148 valence electrons. The van der Waals surface area contributed by atoms with Crippen molar-refractivity contribution in [2.24, 2.45) is 0 Å². The van der Waals surface area contributed by atoms with Crippen LogP contribution in [0.25, 0.3) is 10.8 Å². The number of nitrogens with zero attached hydrogens (tertiary/aromatic N) is 1. The Balaban J connectivity index is 2.11. The van der Waals surface area contributed by atoms with Gasteiger partial charge in [-0.25, -0.2) is 12.7 Å². The van der Waals surface area contributed by atoms with Crippen molar-refractivity contribution in [2.45, 2.75) is 26.4 Å². The number of esters is 1. The summed E-state index contributed by atoms with van der Waals surface area (Å²) >= 11 is 0. The fraction of sp³-hybridized carbons (Fsp3) is 0.300. The lowest BCUT2D eigenvalue weighted by molar-refractivity contribution is -0.142. The third kappa shape index (κ3) is 3.24. The van der Waals surface area contributed by atoms with Crippen molar-refractivity contribution in [3.63, 3.8) is 0 Å². The lowest BCUT2D eigenvalue weighted by Crippen LogP contribution is -2.33. The molecule has 0 spiro atoms. The highest BCUT2D eigenvalue weighted by Gasteiger charge is 2.51. The van der Waals surface area contributed by atoms with Gasteiger partial charge in [0.15, 0.2) is 5.60 Å². The molecule has 7 nitrogen and oxygen atoms in total. The lowest BCUT2D eigenvalue weighted by atomic mass is 9.90. The quantitative estimate of drug-likeness (QED) is 0.713. The third-order valence-corrected chi connectivity index (χ3v) is 6.48. The average molecular weight is 403 g/mol. The number of hydrogen-bond acceptors (Lipinski definition) is 6. The van der Waals surface area contributed by atoms with Crippen molar-refractivity contribution in [2.75, 3.05) is 12.8 Å². The van der Waals surface area contributed by atoms with E-state index in [1.807, 2.05) is 30.3 Å². The van der Waals surface area contributed by atoms with Crippen molar-refractivity contribution in [3.8, 4) is 0 Å². The molecule has 0 aliphatic carbocycles. The van der Waals surface area contributed by atoms with Crippen molar-refractivity contribution in [1.82, 2.24) is 4.31 Å². The molecule has 8 heteroatoms. The number of hydrogen-bond donors (Lipinski definition) is 0. The molecule has 0 fully saturated rings. The molecule has 3 rings (SSSR count). The Bertz CT molecular complexity index is 1100. The number of carbonyl (C=O) groups excluding carboxylic acids is 2. The number of rotatable bonds is 5. The summed E-state index contributed by atoms with van der Waals surface area (Å²) in [6, 6.07) is 13.0. The average Bonchev–Trinajstić information content (AvgIpc) is 2.92. The molecule has 28 heavy (non-hydrogen) atoms. The highest BCUT2D eigenvalue weighted by Crippen LogP contribution is 2.41. The molecule has 1 unspecified atom stereocenters. The van der Waals surface area contributed by atoms with Crippen LogP contribution in [0.2, 0.25) is 0 Å². The van der Waals surface area contributed by atoms with E-state index in [0.29, 0.717) is 5.56 Å². The number of ether oxygens (including phenoxy) is 2. The number of sulfonamides is 1. The lowest BCUT2D eigenvalue weighted by Gasteiger charge is -2.26. The maximum atomic E-state index is 13.1. The Morgan fingerprint density at radius 3 is 2.43 bits per heavy atom. The van der Waals surface area contributed by atoms with Gasteiger partial charge >= 0.3 is 5.97 Å². The van der Waals surface area contributed by atoms with Crippen LogP contribution in [-0.2, 0) is 34.7 Å². The van der Waals surface area contributed by atoms with Crippen molar-refractivity contribution in [3.05, 3.63) is 59.7 Å². The Hall–Kier alpha value is -2.87. The molecule has 1 atom stereocenters. The van der Waals surface area contributed by atoms with E-state index in [4.69, 9.17) is 9.47 Å². The van der Waals surface area contributed by atoms with Crippen molar-refractivity contribution >= 4 is 32.5 Å². The van der Waals surface area contributed by atoms with Crippen LogP contribution < -0.4 is 0 Å². The smallest absolute Gasteiger partial charge is 0.308 e. The summed E-state index contributed by atoms with van der Waals surface area (Å²) in [4.78, 5) is 24.7. The Kier molecular flexibility index (Phi) is 4.93. The summed E-state index contributed by atoms with van der Waals surface area (Å²) < 4.78 is 36.4. The minimum Gasteiger partial charge on any atom is -0.456 e. The van der Waals surface area contributed by atoms with Gasteiger partial charge in [-0.3, -0.25) is 9.59 Å². The van der Waals surface area contributed by atoms with Gasteiger partial charge in [-0.15, -0.1) is 0 Å². The summed E-state index contributed by atoms with van der Waals surface area (Å²) in [6.45, 7) is 4.14. The van der Waals surface area contributed by atoms with Crippen LogP contribution in [0.4, 0.5) is 0 Å². The minimum absolute atomic E-state index is 0.204. The van der Waals surface area contributed by atoms with E-state index in [0.717, 1.165) is 22.0 Å². The van der Waals surface area contributed by atoms with E-state index in [9.17, 15) is 18.0 Å². The highest BCUT2D eigenvalue weighted by atomic mass is 32.2. The van der Waals surface area contributed by atoms with Crippen LogP contribution in [0.3, 0.4) is 0 Å². The summed E-state index contributed by atoms with van der Waals surface area (Å²) in [5, 5.41) is 1.88. The zero-order valence-electron chi connectivity index (χ0n) is 16.1. The van der Waals surface area contributed by atoms with Crippen molar-refractivity contribution in [1.29, 1.82) is 0 Å². The second kappa shape index (κ2) is 6.94. The van der Waals surface area contributed by atoms with Gasteiger partial charge in [0.2, 0.25) is 15.8 Å². The molecule has 2 aromatic rings. The first-order chi connectivity index (χ1) is 13.1. The fourth-order valence-corrected chi connectivity index (χ4v) is 3.80. The Morgan fingerprint density at radius 2 is 1.82 bits per heavy atom. The van der Waals surface area contributed by atoms with Gasteiger partial charge in [0, 0.05) is 19.5 Å². The second-order valence-corrected chi connectivity index (χ2v) is 8.91. The van der Waals surface area contributed by atoms with E-state index < -0.39 is 33.1 Å². The largest absolute Gasteiger partial charge is 0.456 e. The van der Waals surface area contributed by atoms with Crippen LogP contribution in [0.5, 0.6) is 0 Å². The zero-order valence-corrected chi connectivity index (χ0v) is 16.9. The van der Waals surface area contributed by atoms with Crippen LogP contribution in [0.15, 0.2) is 54.1 Å². The summed E-state index contributed by atoms with van der Waals surface area (Å²) in [5.41, 5.74) is -1.00. The minimum atomic E-state index is -3.73. The summed E-state index contributed by atoms with van der Waals surface area (Å²) in [5.74, 6) is -2.27. The molecule has 0 radical (unpaired) electrons. The molecule has 1 aliphatic heterocycles. The van der Waals surface area contributed by atoms with Gasteiger partial charge in [-0.05, 0) is 30.7 Å². The monoisotopic (exact) mass is 403 g/mol. The first kappa shape index (κ1) is 19.9. The topological polar surface area (TPSA) is 90.0 Å². The normalized spacial score (nSPS) is 19.6. The molecule has 0 amide bonds. The number of Topliss-reactive ketones (excluding diaryl/α,β-unsaturated/α-hetero) is 1. The zero-order chi connectivity index (χ0) is 20.7. The number of ketones is 1. The van der Waals surface area contributed by atoms with Crippen LogP contribution in [0.1, 0.15) is 26.3 Å². The van der Waals surface area contributed by atoms with Gasteiger partial charge in [-0.2, -0.15) is 0 Å². The molecule has 0 saturated heterocycles. The Labute approximate surface area is 163 Å². The maximum absolute atomic E-state index is 13.1. The molecular formula is C20H21NO6S. The molecule has 2 aromatic carbocycles. The molecule has 1 heterocycles. The third-order valence-electron chi connectivity index (χ3n) is 4.75. The van der Waals surface area contributed by atoms with Gasteiger partial charge in [0.25, 0.3) is 11.7 Å². The predicted molar refractivity (Wildman–Crippen MR) is 103 cm³/mol. The number of carbonyl (C=O) groups is 2. The summed E-state index contributed by atoms with van der Waals surface area (Å²) in [7, 11) is -2.47. The number of fused-ring (bicyclic) bond motifs is 1. The van der Waals surface area contributed by atoms with E-state index in [1.165, 1.54) is 20.9 Å². The van der Waals surface area contributed by atoms with E-state index in [2.05, 4.69) is 0 Å². The molecule has 1 aliphatic rings. The second-order valence-electron chi connectivity index (χ2n) is 6.62. The van der Waals surface area contributed by atoms with Crippen LogP contribution in [0, 0.1) is 0 Å². The molecule has 0 aromatic heterocycles. The van der Waals surface area contributed by atoms with Crippen LogP contribution in [-0.4, -0.2) is 37.3 Å². The summed E-state index contributed by atoms with van der Waals surface area (Å²) in [6.07, 6.45) is 0. The molecule has 0 N–H and O–H groups in total. The van der Waals surface area contributed by atoms with Gasteiger partial charge < -0.3 is 9.47 Å². The van der Waals surface area contributed by atoms with Gasteiger partial charge in [0.1, 0.15) is 0 Å². The van der Waals surface area contributed by atoms with E-state index >= 15 is 0 Å². The van der Waals surface area contributed by atoms with E-state index in [-0.39, 0.29) is 11.6 Å². The standard InChI is InChI=1S/C20H21NO6S/c1-5-28(24,25)21(4)19-17(26-13(2)22)18(23)20(3,27-19)16-11-10-14-8-6-7-9-15(14)12-16/h6-12H,5H2,1-4H3. The predicted octanol–water partition coefficient (Wildman–Crippen LogP) is 2.67. The SMILES string of the molecule is CCS(=O)(=O)N(C)C1=C(OC(C)=O)C(=O)C(C)(c2ccc3ccccc3c2)O1. The van der Waals surface area contributed by atoms with Crippen LogP contribution >= 0.6 is 0 Å². The molecular weight excluding hydrogens is 382 g/mol. The molecule has 0 bridgehead atoms. The van der Waals surface area contributed by atoms with Gasteiger partial charge in [-0.1, -0.05) is 36.4 Å². The van der Waals surface area contributed by atoms with Gasteiger partial charge in [0.05, 0.1) is 5.75 Å². The van der Waals surface area contributed by atoms with E-state index in [1.54, 1.807) is 12.1 Å². The maximum Gasteiger partial charge on any atom is 0.308 e.